The van der Waals surface area contributed by atoms with Crippen LogP contribution in [-0.2, 0) is 9.53 Å². The minimum absolute atomic E-state index is 0.139. The van der Waals surface area contributed by atoms with Crippen LogP contribution in [0.5, 0.6) is 0 Å². The largest absolute Gasteiger partial charge is 0.459 e. The van der Waals surface area contributed by atoms with Crippen molar-refractivity contribution >= 4 is 28.9 Å². The Kier molecular flexibility index (Phi) is 3.69. The van der Waals surface area contributed by atoms with Gasteiger partial charge in [-0.1, -0.05) is 35.9 Å². The zero-order valence-corrected chi connectivity index (χ0v) is 13.9. The lowest BCUT2D eigenvalue weighted by molar-refractivity contribution is -0.145. The summed E-state index contributed by atoms with van der Waals surface area (Å²) < 4.78 is 5.48. The minimum atomic E-state index is -0.284. The van der Waals surface area contributed by atoms with Gasteiger partial charge in [0.1, 0.15) is 6.10 Å². The molecule has 24 heavy (non-hydrogen) atoms. The van der Waals surface area contributed by atoms with Gasteiger partial charge in [0.05, 0.1) is 23.0 Å². The molecular weight excluding hydrogens is 324 g/mol. The van der Waals surface area contributed by atoms with Gasteiger partial charge >= 0.3 is 5.97 Å². The Hall–Kier alpha value is -2.46. The van der Waals surface area contributed by atoms with Gasteiger partial charge in [-0.3, -0.25) is 0 Å². The Morgan fingerprint density at radius 1 is 1.08 bits per heavy atom. The molecule has 2 aromatic rings. The smallest absolute Gasteiger partial charge is 0.338 e. The predicted octanol–water partition coefficient (Wildman–Crippen LogP) is 4.51. The second kappa shape index (κ2) is 5.87. The van der Waals surface area contributed by atoms with Crippen molar-refractivity contribution in [1.29, 1.82) is 0 Å². The van der Waals surface area contributed by atoms with Gasteiger partial charge in [-0.15, -0.1) is 0 Å². The molecule has 0 radical (unpaired) electrons. The molecule has 2 aliphatic rings. The average molecular weight is 341 g/mol. The van der Waals surface area contributed by atoms with E-state index in [0.29, 0.717) is 17.0 Å². The molecule has 4 rings (SSSR count). The van der Waals surface area contributed by atoms with Crippen molar-refractivity contribution in [2.75, 3.05) is 10.6 Å². The highest BCUT2D eigenvalue weighted by Gasteiger charge is 2.35. The van der Waals surface area contributed by atoms with Crippen molar-refractivity contribution in [3.8, 4) is 0 Å². The molecule has 122 valence electrons. The lowest BCUT2D eigenvalue weighted by atomic mass is 9.93. The van der Waals surface area contributed by atoms with Crippen LogP contribution in [0.3, 0.4) is 0 Å². The van der Waals surface area contributed by atoms with E-state index in [-0.39, 0.29) is 18.1 Å². The van der Waals surface area contributed by atoms with Crippen LogP contribution < -0.4 is 10.6 Å². The van der Waals surface area contributed by atoms with Crippen molar-refractivity contribution in [2.24, 2.45) is 0 Å². The maximum absolute atomic E-state index is 12.6. The lowest BCUT2D eigenvalue weighted by Gasteiger charge is -2.28. The minimum Gasteiger partial charge on any atom is -0.459 e. The van der Waals surface area contributed by atoms with Crippen molar-refractivity contribution in [3.63, 3.8) is 0 Å². The van der Waals surface area contributed by atoms with Gasteiger partial charge in [0.25, 0.3) is 0 Å². The van der Waals surface area contributed by atoms with Gasteiger partial charge < -0.3 is 15.4 Å². The highest BCUT2D eigenvalue weighted by molar-refractivity contribution is 6.30. The van der Waals surface area contributed by atoms with Crippen LogP contribution in [0.1, 0.15) is 24.9 Å². The Balaban J connectivity index is 1.87. The number of para-hydroxylation sites is 2. The lowest BCUT2D eigenvalue weighted by Crippen LogP contribution is -2.30. The maximum Gasteiger partial charge on any atom is 0.338 e. The molecule has 2 atom stereocenters. The number of fused-ring (bicyclic) bond motifs is 1. The molecule has 0 unspecified atom stereocenters. The quantitative estimate of drug-likeness (QED) is 0.750. The second-order valence-corrected chi connectivity index (χ2v) is 6.55. The molecule has 5 heteroatoms. The number of benzene rings is 2. The van der Waals surface area contributed by atoms with Crippen LogP contribution in [0.25, 0.3) is 0 Å². The normalized spacial score (nSPS) is 22.5. The number of halogens is 1. The average Bonchev–Trinajstić information content (AvgIpc) is 2.72. The summed E-state index contributed by atoms with van der Waals surface area (Å²) in [7, 11) is 0. The Labute approximate surface area is 145 Å². The van der Waals surface area contributed by atoms with Crippen LogP contribution in [0.15, 0.2) is 59.8 Å². The number of anilines is 2. The summed E-state index contributed by atoms with van der Waals surface area (Å²) in [5.74, 6) is -0.281. The fraction of sp³-hybridized carbons (Fsp3) is 0.211. The third kappa shape index (κ3) is 2.63. The van der Waals surface area contributed by atoms with Crippen LogP contribution in [0, 0.1) is 0 Å². The molecule has 0 saturated carbocycles. The van der Waals surface area contributed by atoms with Gasteiger partial charge in [0.2, 0.25) is 0 Å². The molecule has 0 saturated heterocycles. The topological polar surface area (TPSA) is 50.4 Å². The van der Waals surface area contributed by atoms with Gasteiger partial charge in [-0.05, 0) is 36.8 Å². The summed E-state index contributed by atoms with van der Waals surface area (Å²) in [6.07, 6.45) is 0.529. The molecule has 2 aliphatic heterocycles. The Morgan fingerprint density at radius 3 is 2.54 bits per heavy atom. The molecular formula is C19H17ClN2O2. The monoisotopic (exact) mass is 340 g/mol. The van der Waals surface area contributed by atoms with Crippen molar-refractivity contribution in [3.05, 3.63) is 70.4 Å². The number of carbonyl (C=O) groups excluding carboxylic acids is 1. The summed E-state index contributed by atoms with van der Waals surface area (Å²) in [4.78, 5) is 12.6. The highest BCUT2D eigenvalue weighted by Crippen LogP contribution is 2.40. The van der Waals surface area contributed by atoms with E-state index in [9.17, 15) is 4.79 Å². The first kappa shape index (κ1) is 15.1. The van der Waals surface area contributed by atoms with Gasteiger partial charge in [0.15, 0.2) is 0 Å². The zero-order valence-electron chi connectivity index (χ0n) is 13.2. The van der Waals surface area contributed by atoms with E-state index in [2.05, 4.69) is 10.6 Å². The van der Waals surface area contributed by atoms with E-state index >= 15 is 0 Å². The summed E-state index contributed by atoms with van der Waals surface area (Å²) in [6, 6.07) is 15.2. The van der Waals surface area contributed by atoms with E-state index in [1.54, 1.807) is 0 Å². The predicted molar refractivity (Wildman–Crippen MR) is 95.1 cm³/mol. The molecule has 2 aromatic carbocycles. The Morgan fingerprint density at radius 2 is 1.79 bits per heavy atom. The fourth-order valence-electron chi connectivity index (χ4n) is 3.23. The number of hydrogen-bond acceptors (Lipinski definition) is 4. The molecule has 2 heterocycles. The summed E-state index contributed by atoms with van der Waals surface area (Å²) >= 11 is 6.01. The van der Waals surface area contributed by atoms with Crippen molar-refractivity contribution in [2.45, 2.75) is 25.5 Å². The molecule has 0 aromatic heterocycles. The number of carbonyl (C=O) groups is 1. The Bertz CT molecular complexity index is 830. The summed E-state index contributed by atoms with van der Waals surface area (Å²) in [5.41, 5.74) is 4.43. The molecule has 2 N–H and O–H groups in total. The molecule has 0 aliphatic carbocycles. The number of esters is 1. The van der Waals surface area contributed by atoms with Crippen molar-refractivity contribution < 1.29 is 9.53 Å². The molecule has 0 bridgehead atoms. The number of rotatable bonds is 1. The SMILES string of the molecule is C[C@@H]1CC2=C(C(=O)O1)[C@@H](c1ccc(Cl)cc1)Nc1ccccc1N2. The van der Waals surface area contributed by atoms with Gasteiger partial charge in [-0.25, -0.2) is 4.79 Å². The third-order valence-corrected chi connectivity index (χ3v) is 4.60. The standard InChI is InChI=1S/C19H17ClN2O2/c1-11-10-16-17(19(23)24-11)18(12-6-8-13(20)9-7-12)22-15-5-3-2-4-14(15)21-16/h2-9,11,18,21-22H,10H2,1H3/t11-,18-/m1/s1. The van der Waals surface area contributed by atoms with Crippen LogP contribution in [-0.4, -0.2) is 12.1 Å². The molecule has 4 nitrogen and oxygen atoms in total. The van der Waals surface area contributed by atoms with E-state index in [1.807, 2.05) is 55.5 Å². The van der Waals surface area contributed by atoms with E-state index in [4.69, 9.17) is 16.3 Å². The fourth-order valence-corrected chi connectivity index (χ4v) is 3.36. The van der Waals surface area contributed by atoms with E-state index in [1.165, 1.54) is 0 Å². The first-order valence-corrected chi connectivity index (χ1v) is 8.31. The first-order valence-electron chi connectivity index (χ1n) is 7.94. The number of nitrogens with one attached hydrogen (secondary N) is 2. The van der Waals surface area contributed by atoms with E-state index in [0.717, 1.165) is 22.6 Å². The second-order valence-electron chi connectivity index (χ2n) is 6.11. The van der Waals surface area contributed by atoms with Gasteiger partial charge in [-0.2, -0.15) is 0 Å². The first-order chi connectivity index (χ1) is 11.6. The zero-order chi connectivity index (χ0) is 16.7. The maximum atomic E-state index is 12.6. The number of hydrogen-bond donors (Lipinski definition) is 2. The molecule has 0 fully saturated rings. The molecule has 0 amide bonds. The molecule has 0 spiro atoms. The summed E-state index contributed by atoms with van der Waals surface area (Å²) in [6.45, 7) is 1.91. The van der Waals surface area contributed by atoms with Crippen LogP contribution in [0.2, 0.25) is 5.02 Å². The highest BCUT2D eigenvalue weighted by atomic mass is 35.5. The van der Waals surface area contributed by atoms with Crippen LogP contribution >= 0.6 is 11.6 Å². The summed E-state index contributed by atoms with van der Waals surface area (Å²) in [5, 5.41) is 7.57. The number of cyclic esters (lactones) is 1. The number of ether oxygens (including phenoxy) is 1. The third-order valence-electron chi connectivity index (χ3n) is 4.35. The van der Waals surface area contributed by atoms with Crippen molar-refractivity contribution in [1.82, 2.24) is 0 Å². The van der Waals surface area contributed by atoms with Crippen LogP contribution in [0.4, 0.5) is 11.4 Å². The van der Waals surface area contributed by atoms with E-state index < -0.39 is 0 Å². The van der Waals surface area contributed by atoms with Gasteiger partial charge in [0, 0.05) is 17.1 Å².